The lowest BCUT2D eigenvalue weighted by molar-refractivity contribution is 0.0959. The van der Waals surface area contributed by atoms with Gasteiger partial charge in [-0.15, -0.1) is 0 Å². The molecule has 1 aliphatic heterocycles. The smallest absolute Gasteiger partial charge is 0.207 e. The molecule has 68 valence electrons. The Hall–Kier alpha value is -1.71. The van der Waals surface area contributed by atoms with Gasteiger partial charge in [-0.05, 0) is 0 Å². The molecule has 0 radical (unpaired) electrons. The van der Waals surface area contributed by atoms with Crippen LogP contribution in [0.3, 0.4) is 0 Å². The Morgan fingerprint density at radius 2 is 2.31 bits per heavy atom. The molecule has 0 aromatic heterocycles. The molecule has 1 N–H and O–H groups in total. The van der Waals surface area contributed by atoms with Crippen molar-refractivity contribution in [3.05, 3.63) is 17.7 Å². The van der Waals surface area contributed by atoms with Gasteiger partial charge in [0.25, 0.3) is 0 Å². The molecule has 0 amide bonds. The number of fused-ring (bicyclic) bond motifs is 1. The third-order valence-electron chi connectivity index (χ3n) is 1.91. The standard InChI is InChI=1S/C9H8O4/c1-12-7-2-5(10)3-8-9(7)6(11)4-13-8/h2-3,10H,4H2,1H3. The molecule has 4 nitrogen and oxygen atoms in total. The van der Waals surface area contributed by atoms with Crippen molar-refractivity contribution in [1.82, 2.24) is 0 Å². The molecule has 0 saturated heterocycles. The van der Waals surface area contributed by atoms with Crippen LogP contribution in [0.5, 0.6) is 17.2 Å². The monoisotopic (exact) mass is 180 g/mol. The molecule has 0 aliphatic carbocycles. The second-order valence-electron chi connectivity index (χ2n) is 2.73. The van der Waals surface area contributed by atoms with E-state index in [0.29, 0.717) is 17.1 Å². The number of carbonyl (C=O) groups excluding carboxylic acids is 1. The summed E-state index contributed by atoms with van der Waals surface area (Å²) in [5, 5.41) is 9.22. The van der Waals surface area contributed by atoms with Crippen LogP contribution in [0.25, 0.3) is 0 Å². The van der Waals surface area contributed by atoms with Crippen molar-refractivity contribution in [1.29, 1.82) is 0 Å². The number of methoxy groups -OCH3 is 1. The fourth-order valence-electron chi connectivity index (χ4n) is 1.34. The predicted molar refractivity (Wildman–Crippen MR) is 44.5 cm³/mol. The zero-order valence-electron chi connectivity index (χ0n) is 7.03. The van der Waals surface area contributed by atoms with Gasteiger partial charge in [0.1, 0.15) is 22.8 Å². The van der Waals surface area contributed by atoms with Crippen LogP contribution in [0.4, 0.5) is 0 Å². The molecule has 0 fully saturated rings. The number of carbonyl (C=O) groups is 1. The highest BCUT2D eigenvalue weighted by Crippen LogP contribution is 2.36. The third kappa shape index (κ3) is 1.11. The number of phenolic OH excluding ortho intramolecular Hbond substituents is 1. The molecule has 1 aromatic rings. The van der Waals surface area contributed by atoms with E-state index in [4.69, 9.17) is 9.47 Å². The summed E-state index contributed by atoms with van der Waals surface area (Å²) in [6.07, 6.45) is 0. The fraction of sp³-hybridized carbons (Fsp3) is 0.222. The minimum atomic E-state index is -0.119. The molecular weight excluding hydrogens is 172 g/mol. The maximum atomic E-state index is 11.3. The second kappa shape index (κ2) is 2.65. The van der Waals surface area contributed by atoms with Crippen LogP contribution in [0.1, 0.15) is 10.4 Å². The fourth-order valence-corrected chi connectivity index (χ4v) is 1.34. The zero-order valence-corrected chi connectivity index (χ0v) is 7.03. The minimum Gasteiger partial charge on any atom is -0.508 e. The Balaban J connectivity index is 2.64. The van der Waals surface area contributed by atoms with Crippen LogP contribution in [0.2, 0.25) is 0 Å². The van der Waals surface area contributed by atoms with Gasteiger partial charge in [0.05, 0.1) is 7.11 Å². The number of Topliss-reactive ketones (excluding diaryl/α,β-unsaturated/α-hetero) is 1. The number of rotatable bonds is 1. The first-order valence-electron chi connectivity index (χ1n) is 3.79. The average molecular weight is 180 g/mol. The molecular formula is C9H8O4. The van der Waals surface area contributed by atoms with Crippen molar-refractivity contribution in [3.8, 4) is 17.2 Å². The largest absolute Gasteiger partial charge is 0.508 e. The van der Waals surface area contributed by atoms with Crippen molar-refractivity contribution in [2.24, 2.45) is 0 Å². The number of benzene rings is 1. The van der Waals surface area contributed by atoms with Crippen LogP contribution in [-0.2, 0) is 0 Å². The third-order valence-corrected chi connectivity index (χ3v) is 1.91. The summed E-state index contributed by atoms with van der Waals surface area (Å²) in [6, 6.07) is 2.80. The Morgan fingerprint density at radius 1 is 1.54 bits per heavy atom. The number of hydrogen-bond acceptors (Lipinski definition) is 4. The highest BCUT2D eigenvalue weighted by atomic mass is 16.5. The van der Waals surface area contributed by atoms with Gasteiger partial charge in [0, 0.05) is 12.1 Å². The maximum absolute atomic E-state index is 11.3. The highest BCUT2D eigenvalue weighted by Gasteiger charge is 2.26. The lowest BCUT2D eigenvalue weighted by Gasteiger charge is -2.04. The van der Waals surface area contributed by atoms with Crippen LogP contribution in [-0.4, -0.2) is 24.6 Å². The molecule has 0 saturated carbocycles. The number of aromatic hydroxyl groups is 1. The summed E-state index contributed by atoms with van der Waals surface area (Å²) in [4.78, 5) is 11.3. The van der Waals surface area contributed by atoms with Gasteiger partial charge in [0.2, 0.25) is 5.78 Å². The summed E-state index contributed by atoms with van der Waals surface area (Å²) in [5.74, 6) is 0.663. The van der Waals surface area contributed by atoms with Gasteiger partial charge in [-0.3, -0.25) is 4.79 Å². The summed E-state index contributed by atoms with van der Waals surface area (Å²) in [7, 11) is 1.45. The van der Waals surface area contributed by atoms with Gasteiger partial charge in [-0.25, -0.2) is 0 Å². The molecule has 4 heteroatoms. The van der Waals surface area contributed by atoms with Crippen molar-refractivity contribution >= 4 is 5.78 Å². The van der Waals surface area contributed by atoms with Crippen LogP contribution < -0.4 is 9.47 Å². The van der Waals surface area contributed by atoms with Crippen LogP contribution in [0, 0.1) is 0 Å². The van der Waals surface area contributed by atoms with E-state index in [0.717, 1.165) is 0 Å². The van der Waals surface area contributed by atoms with Crippen LogP contribution in [0.15, 0.2) is 12.1 Å². The van der Waals surface area contributed by atoms with Crippen molar-refractivity contribution < 1.29 is 19.4 Å². The molecule has 0 unspecified atom stereocenters. The Kier molecular flexibility index (Phi) is 1.62. The summed E-state index contributed by atoms with van der Waals surface area (Å²) < 4.78 is 9.99. The predicted octanol–water partition coefficient (Wildman–Crippen LogP) is 0.976. The van der Waals surface area contributed by atoms with Gasteiger partial charge in [-0.2, -0.15) is 0 Å². The van der Waals surface area contributed by atoms with E-state index in [1.165, 1.54) is 19.2 Å². The molecule has 1 aliphatic rings. The Morgan fingerprint density at radius 3 is 3.00 bits per heavy atom. The van der Waals surface area contributed by atoms with Gasteiger partial charge in [-0.1, -0.05) is 0 Å². The van der Waals surface area contributed by atoms with Gasteiger partial charge in [0.15, 0.2) is 6.61 Å². The molecule has 1 heterocycles. The molecule has 13 heavy (non-hydrogen) atoms. The van der Waals surface area contributed by atoms with Gasteiger partial charge < -0.3 is 14.6 Å². The minimum absolute atomic E-state index is 0.0230. The van der Waals surface area contributed by atoms with E-state index in [9.17, 15) is 9.90 Å². The molecule has 2 rings (SSSR count). The lowest BCUT2D eigenvalue weighted by atomic mass is 10.1. The van der Waals surface area contributed by atoms with Crippen molar-refractivity contribution in [3.63, 3.8) is 0 Å². The summed E-state index contributed by atoms with van der Waals surface area (Å²) >= 11 is 0. The quantitative estimate of drug-likeness (QED) is 0.699. The zero-order chi connectivity index (χ0) is 9.42. The van der Waals surface area contributed by atoms with E-state index < -0.39 is 0 Å². The first-order chi connectivity index (χ1) is 6.22. The Labute approximate surface area is 74.7 Å². The number of phenols is 1. The van der Waals surface area contributed by atoms with Crippen molar-refractivity contribution in [2.45, 2.75) is 0 Å². The molecule has 0 bridgehead atoms. The molecule has 0 atom stereocenters. The Bertz CT molecular complexity index is 370. The number of ketones is 1. The normalized spacial score (nSPS) is 13.8. The summed E-state index contributed by atoms with van der Waals surface area (Å²) in [5.41, 5.74) is 0.417. The maximum Gasteiger partial charge on any atom is 0.207 e. The van der Waals surface area contributed by atoms with Crippen molar-refractivity contribution in [2.75, 3.05) is 13.7 Å². The van der Waals surface area contributed by atoms with E-state index in [1.54, 1.807) is 0 Å². The summed E-state index contributed by atoms with van der Waals surface area (Å²) in [6.45, 7) is 0.0230. The van der Waals surface area contributed by atoms with E-state index >= 15 is 0 Å². The van der Waals surface area contributed by atoms with E-state index in [2.05, 4.69) is 0 Å². The first kappa shape index (κ1) is 7.91. The highest BCUT2D eigenvalue weighted by molar-refractivity contribution is 6.04. The van der Waals surface area contributed by atoms with Gasteiger partial charge >= 0.3 is 0 Å². The number of ether oxygens (including phenoxy) is 2. The molecule has 1 aromatic carbocycles. The van der Waals surface area contributed by atoms with E-state index in [1.807, 2.05) is 0 Å². The molecule has 0 spiro atoms. The average Bonchev–Trinajstić information content (AvgIpc) is 2.46. The topological polar surface area (TPSA) is 55.8 Å². The SMILES string of the molecule is COc1cc(O)cc2c1C(=O)CO2. The van der Waals surface area contributed by atoms with Crippen LogP contribution >= 0.6 is 0 Å². The van der Waals surface area contributed by atoms with E-state index in [-0.39, 0.29) is 18.1 Å². The number of hydrogen-bond donors (Lipinski definition) is 1. The lowest BCUT2D eigenvalue weighted by Crippen LogP contribution is -2.00. The first-order valence-corrected chi connectivity index (χ1v) is 3.79. The second-order valence-corrected chi connectivity index (χ2v) is 2.73.